The summed E-state index contributed by atoms with van der Waals surface area (Å²) in [4.78, 5) is 32.8. The molecule has 6 nitrogen and oxygen atoms in total. The van der Waals surface area contributed by atoms with Gasteiger partial charge in [0.1, 0.15) is 0 Å². The summed E-state index contributed by atoms with van der Waals surface area (Å²) in [5.74, 6) is -1.82. The number of carbonyl (C=O) groups is 3. The third-order valence-corrected chi connectivity index (χ3v) is 2.88. The highest BCUT2D eigenvalue weighted by molar-refractivity contribution is 6.32. The second-order valence-corrected chi connectivity index (χ2v) is 4.64. The van der Waals surface area contributed by atoms with Gasteiger partial charge in [0.05, 0.1) is 0 Å². The maximum atomic E-state index is 11.8. The van der Waals surface area contributed by atoms with Crippen LogP contribution in [0, 0.1) is 0 Å². The van der Waals surface area contributed by atoms with Crippen molar-refractivity contribution in [1.29, 1.82) is 0 Å². The predicted molar refractivity (Wildman–Crippen MR) is 78.9 cm³/mol. The molecule has 2 amide bonds. The molecule has 0 bridgehead atoms. The van der Waals surface area contributed by atoms with E-state index >= 15 is 0 Å². The fraction of sp³-hybridized carbons (Fsp3) is 0.214. The number of carbonyl (C=O) groups excluding carboxylic acids is 2. The van der Waals surface area contributed by atoms with Crippen LogP contribution in [0.5, 0.6) is 0 Å². The maximum Gasteiger partial charge on any atom is 0.328 e. The molecular formula is C14H15ClN2O4. The van der Waals surface area contributed by atoms with Crippen LogP contribution in [0.4, 0.5) is 0 Å². The van der Waals surface area contributed by atoms with Crippen LogP contribution >= 0.6 is 11.6 Å². The lowest BCUT2D eigenvalue weighted by molar-refractivity contribution is -0.131. The highest BCUT2D eigenvalue weighted by Crippen LogP contribution is 2.19. The number of hydrogen-bond donors (Lipinski definition) is 3. The zero-order valence-corrected chi connectivity index (χ0v) is 11.9. The molecule has 0 aliphatic heterocycles. The van der Waals surface area contributed by atoms with E-state index in [9.17, 15) is 14.4 Å². The summed E-state index contributed by atoms with van der Waals surface area (Å²) in [6.07, 6.45) is 2.98. The number of carboxylic acids is 1. The van der Waals surface area contributed by atoms with Crippen molar-refractivity contribution < 1.29 is 19.5 Å². The summed E-state index contributed by atoms with van der Waals surface area (Å²) in [6, 6.07) is 4.55. The van der Waals surface area contributed by atoms with Crippen LogP contribution in [0.1, 0.15) is 28.8 Å². The van der Waals surface area contributed by atoms with Gasteiger partial charge in [-0.15, -0.1) is 0 Å². The van der Waals surface area contributed by atoms with Crippen LogP contribution in [0.15, 0.2) is 24.3 Å². The molecule has 0 unspecified atom stereocenters. The largest absolute Gasteiger partial charge is 0.478 e. The van der Waals surface area contributed by atoms with Gasteiger partial charge in [0.15, 0.2) is 0 Å². The average Bonchev–Trinajstić information content (AvgIpc) is 2.41. The van der Waals surface area contributed by atoms with E-state index in [4.69, 9.17) is 22.4 Å². The third-order valence-electron chi connectivity index (χ3n) is 2.55. The first-order chi connectivity index (χ1) is 9.90. The van der Waals surface area contributed by atoms with E-state index in [1.165, 1.54) is 18.2 Å². The fourth-order valence-corrected chi connectivity index (χ4v) is 1.77. The molecule has 21 heavy (non-hydrogen) atoms. The molecule has 0 aliphatic carbocycles. The van der Waals surface area contributed by atoms with Gasteiger partial charge >= 0.3 is 5.97 Å². The number of benzene rings is 1. The number of aliphatic carboxylic acids is 1. The molecule has 1 aromatic carbocycles. The van der Waals surface area contributed by atoms with Gasteiger partial charge in [0.2, 0.25) is 5.91 Å². The normalized spacial score (nSPS) is 10.5. The van der Waals surface area contributed by atoms with Crippen LogP contribution in [-0.4, -0.2) is 29.4 Å². The standard InChI is InChI=1S/C14H15ClN2O4/c15-11-8-10(4-3-9(11)5-6-13(19)20)14(21)17-7-1-2-12(16)18/h3-6,8H,1-2,7H2,(H2,16,18)(H,17,21)(H,19,20)/b6-5+. The molecule has 0 heterocycles. The Labute approximate surface area is 126 Å². The van der Waals surface area contributed by atoms with Crippen molar-refractivity contribution in [2.45, 2.75) is 12.8 Å². The third kappa shape index (κ3) is 6.09. The number of hydrogen-bond acceptors (Lipinski definition) is 3. The Balaban J connectivity index is 2.63. The Morgan fingerprint density at radius 3 is 2.62 bits per heavy atom. The van der Waals surface area contributed by atoms with E-state index in [-0.39, 0.29) is 17.4 Å². The molecule has 0 aromatic heterocycles. The smallest absolute Gasteiger partial charge is 0.328 e. The van der Waals surface area contributed by atoms with Gasteiger partial charge in [-0.3, -0.25) is 9.59 Å². The highest BCUT2D eigenvalue weighted by Gasteiger charge is 2.07. The van der Waals surface area contributed by atoms with Gasteiger partial charge in [-0.1, -0.05) is 17.7 Å². The van der Waals surface area contributed by atoms with Gasteiger partial charge in [0, 0.05) is 29.6 Å². The summed E-state index contributed by atoms with van der Waals surface area (Å²) in [5, 5.41) is 11.5. The predicted octanol–water partition coefficient (Wildman–Crippen LogP) is 1.43. The van der Waals surface area contributed by atoms with Gasteiger partial charge in [0.25, 0.3) is 5.91 Å². The van der Waals surface area contributed by atoms with Gasteiger partial charge in [-0.05, 0) is 30.2 Å². The minimum absolute atomic E-state index is 0.208. The Morgan fingerprint density at radius 1 is 1.33 bits per heavy atom. The molecule has 0 atom stereocenters. The average molecular weight is 311 g/mol. The van der Waals surface area contributed by atoms with Crippen molar-refractivity contribution in [2.24, 2.45) is 5.73 Å². The number of rotatable bonds is 7. The molecule has 1 aromatic rings. The molecule has 7 heteroatoms. The maximum absolute atomic E-state index is 11.8. The summed E-state index contributed by atoms with van der Waals surface area (Å²) in [7, 11) is 0. The Kier molecular flexibility index (Phi) is 6.42. The summed E-state index contributed by atoms with van der Waals surface area (Å²) < 4.78 is 0. The lowest BCUT2D eigenvalue weighted by Crippen LogP contribution is -2.25. The quantitative estimate of drug-likeness (QED) is 0.522. The number of nitrogens with one attached hydrogen (secondary N) is 1. The van der Waals surface area contributed by atoms with Crippen molar-refractivity contribution >= 4 is 35.5 Å². The minimum atomic E-state index is -1.08. The van der Waals surface area contributed by atoms with Crippen molar-refractivity contribution in [3.63, 3.8) is 0 Å². The molecule has 1 rings (SSSR count). The first-order valence-electron chi connectivity index (χ1n) is 6.17. The van der Waals surface area contributed by atoms with Gasteiger partial charge in [-0.2, -0.15) is 0 Å². The van der Waals surface area contributed by atoms with Crippen molar-refractivity contribution in [2.75, 3.05) is 6.54 Å². The molecule has 0 fully saturated rings. The van der Waals surface area contributed by atoms with Crippen molar-refractivity contribution in [3.05, 3.63) is 40.4 Å². The molecule has 0 spiro atoms. The van der Waals surface area contributed by atoms with Crippen LogP contribution in [0.2, 0.25) is 5.02 Å². The topological polar surface area (TPSA) is 109 Å². The van der Waals surface area contributed by atoms with E-state index in [0.29, 0.717) is 24.1 Å². The first kappa shape index (κ1) is 16.7. The monoisotopic (exact) mass is 310 g/mol. The Hall–Kier alpha value is -2.34. The lowest BCUT2D eigenvalue weighted by atomic mass is 10.1. The van der Waals surface area contributed by atoms with Crippen LogP contribution in [-0.2, 0) is 9.59 Å². The Morgan fingerprint density at radius 2 is 2.05 bits per heavy atom. The van der Waals surface area contributed by atoms with Crippen LogP contribution in [0.25, 0.3) is 6.08 Å². The zero-order valence-electron chi connectivity index (χ0n) is 11.1. The molecule has 0 saturated carbocycles. The summed E-state index contributed by atoms with van der Waals surface area (Å²) in [6.45, 7) is 0.333. The SMILES string of the molecule is NC(=O)CCCNC(=O)c1ccc(/C=C/C(=O)O)c(Cl)c1. The van der Waals surface area contributed by atoms with Crippen molar-refractivity contribution in [1.82, 2.24) is 5.32 Å². The molecule has 112 valence electrons. The van der Waals surface area contributed by atoms with Gasteiger partial charge in [-0.25, -0.2) is 4.79 Å². The Bertz CT molecular complexity index is 584. The summed E-state index contributed by atoms with van der Waals surface area (Å²) in [5.41, 5.74) is 5.85. The summed E-state index contributed by atoms with van der Waals surface area (Å²) >= 11 is 5.97. The molecule has 0 saturated heterocycles. The second kappa shape index (κ2) is 8.06. The molecule has 0 radical (unpaired) electrons. The fourth-order valence-electron chi connectivity index (χ4n) is 1.53. The number of halogens is 1. The molecule has 4 N–H and O–H groups in total. The van der Waals surface area contributed by atoms with Crippen LogP contribution in [0.3, 0.4) is 0 Å². The van der Waals surface area contributed by atoms with E-state index in [1.54, 1.807) is 6.07 Å². The zero-order chi connectivity index (χ0) is 15.8. The minimum Gasteiger partial charge on any atom is -0.478 e. The van der Waals surface area contributed by atoms with E-state index in [0.717, 1.165) is 6.08 Å². The van der Waals surface area contributed by atoms with E-state index < -0.39 is 11.9 Å². The molecular weight excluding hydrogens is 296 g/mol. The first-order valence-corrected chi connectivity index (χ1v) is 6.55. The molecule has 0 aliphatic rings. The number of nitrogens with two attached hydrogens (primary N) is 1. The second-order valence-electron chi connectivity index (χ2n) is 4.23. The van der Waals surface area contributed by atoms with Gasteiger partial charge < -0.3 is 16.2 Å². The van der Waals surface area contributed by atoms with E-state index in [2.05, 4.69) is 5.32 Å². The van der Waals surface area contributed by atoms with Crippen molar-refractivity contribution in [3.8, 4) is 0 Å². The van der Waals surface area contributed by atoms with Crippen LogP contribution < -0.4 is 11.1 Å². The lowest BCUT2D eigenvalue weighted by Gasteiger charge is -2.06. The number of carboxylic acid groups (broad SMARTS) is 1. The number of primary amides is 1. The van der Waals surface area contributed by atoms with E-state index in [1.807, 2.05) is 0 Å². The highest BCUT2D eigenvalue weighted by atomic mass is 35.5. The number of amides is 2.